The van der Waals surface area contributed by atoms with Crippen LogP contribution >= 0.6 is 11.3 Å². The van der Waals surface area contributed by atoms with E-state index in [4.69, 9.17) is 4.74 Å². The van der Waals surface area contributed by atoms with Gasteiger partial charge in [-0.05, 0) is 0 Å². The number of carbonyl (C=O) groups excluding carboxylic acids is 1. The summed E-state index contributed by atoms with van der Waals surface area (Å²) in [5, 5.41) is 1.80. The van der Waals surface area contributed by atoms with Gasteiger partial charge in [0, 0.05) is 11.4 Å². The van der Waals surface area contributed by atoms with Crippen molar-refractivity contribution in [2.24, 2.45) is 0 Å². The summed E-state index contributed by atoms with van der Waals surface area (Å²) in [4.78, 5) is 10.8. The Kier molecular flexibility index (Phi) is 1.85. The van der Waals surface area contributed by atoms with E-state index in [-0.39, 0.29) is 0 Å². The molecule has 0 amide bonds. The highest BCUT2D eigenvalue weighted by atomic mass is 32.1. The lowest BCUT2D eigenvalue weighted by atomic mass is 10.5. The highest BCUT2D eigenvalue weighted by Crippen LogP contribution is 2.18. The van der Waals surface area contributed by atoms with Crippen molar-refractivity contribution in [2.75, 3.05) is 7.11 Å². The Morgan fingerprint density at radius 2 is 2.56 bits per heavy atom. The van der Waals surface area contributed by atoms with Crippen LogP contribution < -0.4 is 4.74 Å². The monoisotopic (exact) mass is 142 g/mol. The Morgan fingerprint density at radius 3 is 2.89 bits per heavy atom. The van der Waals surface area contributed by atoms with E-state index in [1.807, 2.05) is 0 Å². The molecule has 0 aliphatic carbocycles. The number of thiophene rings is 1. The number of carbonyl (C=O) groups is 1. The summed E-state index contributed by atoms with van der Waals surface area (Å²) in [5.74, 6) is 0.752. The number of aldehydes is 1. The van der Waals surface area contributed by atoms with Crippen LogP contribution in [0.5, 0.6) is 5.75 Å². The maximum atomic E-state index is 10.1. The molecule has 2 nitrogen and oxygen atoms in total. The number of hydrogen-bond acceptors (Lipinski definition) is 3. The van der Waals surface area contributed by atoms with Gasteiger partial charge in [0.25, 0.3) is 0 Å². The Morgan fingerprint density at radius 1 is 1.78 bits per heavy atom. The first-order chi connectivity index (χ1) is 4.36. The molecule has 48 valence electrons. The Labute approximate surface area is 57.1 Å². The second-order valence-electron chi connectivity index (χ2n) is 1.51. The minimum atomic E-state index is 0.701. The lowest BCUT2D eigenvalue weighted by Crippen LogP contribution is -1.76. The molecule has 0 unspecified atom stereocenters. The molecule has 1 aromatic rings. The normalized spacial score (nSPS) is 9.00. The van der Waals surface area contributed by atoms with Gasteiger partial charge in [0.2, 0.25) is 0 Å². The first-order valence-corrected chi connectivity index (χ1v) is 3.32. The van der Waals surface area contributed by atoms with Gasteiger partial charge in [-0.2, -0.15) is 0 Å². The second-order valence-corrected chi connectivity index (χ2v) is 2.45. The van der Waals surface area contributed by atoms with Crippen molar-refractivity contribution in [1.29, 1.82) is 0 Å². The van der Waals surface area contributed by atoms with E-state index >= 15 is 0 Å². The van der Waals surface area contributed by atoms with Crippen LogP contribution in [-0.4, -0.2) is 13.4 Å². The smallest absolute Gasteiger partial charge is 0.160 e. The van der Waals surface area contributed by atoms with Crippen molar-refractivity contribution in [2.45, 2.75) is 0 Å². The van der Waals surface area contributed by atoms with E-state index < -0.39 is 0 Å². The molecule has 9 heavy (non-hydrogen) atoms. The maximum absolute atomic E-state index is 10.1. The SMILES string of the molecule is COc1csc(C=O)c1. The zero-order valence-electron chi connectivity index (χ0n) is 4.96. The van der Waals surface area contributed by atoms with Gasteiger partial charge in [-0.25, -0.2) is 0 Å². The number of methoxy groups -OCH3 is 1. The van der Waals surface area contributed by atoms with Crippen LogP contribution in [0.2, 0.25) is 0 Å². The van der Waals surface area contributed by atoms with Gasteiger partial charge >= 0.3 is 0 Å². The van der Waals surface area contributed by atoms with Gasteiger partial charge in [0.05, 0.1) is 12.0 Å². The third-order valence-corrected chi connectivity index (χ3v) is 1.78. The molecule has 1 rings (SSSR count). The highest BCUT2D eigenvalue weighted by Gasteiger charge is 1.94. The molecule has 1 aromatic heterocycles. The molecule has 0 spiro atoms. The van der Waals surface area contributed by atoms with Crippen molar-refractivity contribution in [3.8, 4) is 5.75 Å². The molecule has 0 saturated carbocycles. The van der Waals surface area contributed by atoms with Gasteiger partial charge in [-0.3, -0.25) is 4.79 Å². The second kappa shape index (κ2) is 2.64. The van der Waals surface area contributed by atoms with Crippen molar-refractivity contribution in [1.82, 2.24) is 0 Å². The van der Waals surface area contributed by atoms with E-state index in [1.54, 1.807) is 18.6 Å². The molecule has 1 heterocycles. The summed E-state index contributed by atoms with van der Waals surface area (Å²) in [6.45, 7) is 0. The zero-order valence-corrected chi connectivity index (χ0v) is 5.77. The van der Waals surface area contributed by atoms with Crippen molar-refractivity contribution in [3.05, 3.63) is 16.3 Å². The lowest BCUT2D eigenvalue weighted by Gasteiger charge is -1.87. The van der Waals surface area contributed by atoms with E-state index in [2.05, 4.69) is 0 Å². The topological polar surface area (TPSA) is 26.3 Å². The molecule has 0 saturated heterocycles. The molecule has 0 atom stereocenters. The molecule has 0 fully saturated rings. The third-order valence-electron chi connectivity index (χ3n) is 0.948. The van der Waals surface area contributed by atoms with Gasteiger partial charge in [0.15, 0.2) is 6.29 Å². The summed E-state index contributed by atoms with van der Waals surface area (Å²) in [5.41, 5.74) is 0. The fraction of sp³-hybridized carbons (Fsp3) is 0.167. The highest BCUT2D eigenvalue weighted by molar-refractivity contribution is 7.11. The summed E-state index contributed by atoms with van der Waals surface area (Å²) >= 11 is 1.38. The minimum absolute atomic E-state index is 0.701. The summed E-state index contributed by atoms with van der Waals surface area (Å²) in [6, 6.07) is 1.71. The average molecular weight is 142 g/mol. The van der Waals surface area contributed by atoms with Crippen LogP contribution in [0, 0.1) is 0 Å². The molecule has 0 aliphatic heterocycles. The van der Waals surface area contributed by atoms with Crippen molar-refractivity contribution < 1.29 is 9.53 Å². The average Bonchev–Trinajstić information content (AvgIpc) is 2.34. The van der Waals surface area contributed by atoms with E-state index in [0.717, 1.165) is 12.0 Å². The summed E-state index contributed by atoms with van der Waals surface area (Å²) in [7, 11) is 1.58. The molecule has 0 N–H and O–H groups in total. The number of hydrogen-bond donors (Lipinski definition) is 0. The van der Waals surface area contributed by atoms with Crippen molar-refractivity contribution in [3.63, 3.8) is 0 Å². The first-order valence-electron chi connectivity index (χ1n) is 2.44. The Bertz CT molecular complexity index is 205. The summed E-state index contributed by atoms with van der Waals surface area (Å²) < 4.78 is 4.85. The van der Waals surface area contributed by atoms with Crippen LogP contribution in [-0.2, 0) is 0 Å². The summed E-state index contributed by atoms with van der Waals surface area (Å²) in [6.07, 6.45) is 0.813. The predicted molar refractivity (Wildman–Crippen MR) is 36.3 cm³/mol. The Hall–Kier alpha value is -0.830. The van der Waals surface area contributed by atoms with E-state index in [9.17, 15) is 4.79 Å². The van der Waals surface area contributed by atoms with Gasteiger partial charge in [-0.15, -0.1) is 11.3 Å². The largest absolute Gasteiger partial charge is 0.496 e. The molecule has 0 bridgehead atoms. The molecule has 0 aromatic carbocycles. The third kappa shape index (κ3) is 1.29. The predicted octanol–water partition coefficient (Wildman–Crippen LogP) is 1.57. The molecule has 0 radical (unpaired) electrons. The van der Waals surface area contributed by atoms with Gasteiger partial charge < -0.3 is 4.74 Å². The lowest BCUT2D eigenvalue weighted by molar-refractivity contribution is 0.112. The number of ether oxygens (including phenoxy) is 1. The molecule has 0 aliphatic rings. The Balaban J connectivity index is 2.86. The fourth-order valence-corrected chi connectivity index (χ4v) is 1.16. The van der Waals surface area contributed by atoms with Crippen LogP contribution in [0.3, 0.4) is 0 Å². The van der Waals surface area contributed by atoms with E-state index in [1.165, 1.54) is 11.3 Å². The standard InChI is InChI=1S/C6H6O2S/c1-8-5-2-6(3-7)9-4-5/h2-4H,1H3. The first kappa shape index (κ1) is 6.29. The number of rotatable bonds is 2. The maximum Gasteiger partial charge on any atom is 0.160 e. The molecular weight excluding hydrogens is 136 g/mol. The van der Waals surface area contributed by atoms with Crippen LogP contribution in [0.25, 0.3) is 0 Å². The van der Waals surface area contributed by atoms with Crippen molar-refractivity contribution >= 4 is 17.6 Å². The zero-order chi connectivity index (χ0) is 6.69. The van der Waals surface area contributed by atoms with Crippen LogP contribution in [0.4, 0.5) is 0 Å². The minimum Gasteiger partial charge on any atom is -0.496 e. The van der Waals surface area contributed by atoms with Crippen LogP contribution in [0.1, 0.15) is 9.67 Å². The van der Waals surface area contributed by atoms with Gasteiger partial charge in [0.1, 0.15) is 5.75 Å². The molecular formula is C6H6O2S. The molecule has 3 heteroatoms. The van der Waals surface area contributed by atoms with Gasteiger partial charge in [-0.1, -0.05) is 0 Å². The van der Waals surface area contributed by atoms with E-state index in [0.29, 0.717) is 4.88 Å². The fourth-order valence-electron chi connectivity index (χ4n) is 0.503. The quantitative estimate of drug-likeness (QED) is 0.586. The van der Waals surface area contributed by atoms with Crippen LogP contribution in [0.15, 0.2) is 11.4 Å².